The van der Waals surface area contributed by atoms with Crippen LogP contribution in [0.3, 0.4) is 0 Å². The largest absolute Gasteiger partial charge is 0.507 e. The van der Waals surface area contributed by atoms with Crippen LogP contribution in [0.15, 0.2) is 54.1 Å². The van der Waals surface area contributed by atoms with Crippen molar-refractivity contribution in [2.45, 2.75) is 33.2 Å². The molecule has 0 spiro atoms. The Morgan fingerprint density at radius 2 is 1.82 bits per heavy atom. The summed E-state index contributed by atoms with van der Waals surface area (Å²) in [6.45, 7) is 6.43. The number of esters is 1. The van der Waals surface area contributed by atoms with Crippen LogP contribution in [0.2, 0.25) is 0 Å². The Balaban J connectivity index is 1.88. The second-order valence-electron chi connectivity index (χ2n) is 8.45. The van der Waals surface area contributed by atoms with E-state index >= 15 is 0 Å². The molecule has 198 valence electrons. The molecule has 4 rings (SSSR count). The second kappa shape index (κ2) is 11.5. The van der Waals surface area contributed by atoms with Crippen molar-refractivity contribution < 1.29 is 33.7 Å². The third kappa shape index (κ3) is 5.12. The average Bonchev–Trinajstić information content (AvgIpc) is 3.43. The first-order chi connectivity index (χ1) is 18.3. The summed E-state index contributed by atoms with van der Waals surface area (Å²) in [6.07, 6.45) is 0.842. The third-order valence-corrected chi connectivity index (χ3v) is 7.03. The number of ketones is 1. The van der Waals surface area contributed by atoms with Crippen molar-refractivity contribution in [2.75, 3.05) is 25.2 Å². The molecule has 9 nitrogen and oxygen atoms in total. The Labute approximate surface area is 224 Å². The highest BCUT2D eigenvalue weighted by molar-refractivity contribution is 7.17. The standard InChI is InChI=1S/C28H28N2O7S/c1-5-14-37-19-12-10-17(11-13-19)22-21(23(31)18-8-7-9-20(15-18)36-6-2)24(32)26(33)30(22)28-29-16(3)25(38-28)27(34)35-4/h7-13,15,22,31H,5-6,14H2,1-4H3. The Kier molecular flexibility index (Phi) is 8.11. The molecular weight excluding hydrogens is 508 g/mol. The highest BCUT2D eigenvalue weighted by Crippen LogP contribution is 2.44. The van der Waals surface area contributed by atoms with Gasteiger partial charge in [0.05, 0.1) is 37.6 Å². The Morgan fingerprint density at radius 3 is 2.47 bits per heavy atom. The fourth-order valence-electron chi connectivity index (χ4n) is 4.13. The molecule has 0 bridgehead atoms. The normalized spacial score (nSPS) is 16.5. The van der Waals surface area contributed by atoms with Gasteiger partial charge in [-0.1, -0.05) is 42.5 Å². The molecular formula is C28H28N2O7S. The number of Topliss-reactive ketones (excluding diaryl/α,β-unsaturated/α-hetero) is 1. The summed E-state index contributed by atoms with van der Waals surface area (Å²) in [5, 5.41) is 11.5. The lowest BCUT2D eigenvalue weighted by molar-refractivity contribution is -0.132. The van der Waals surface area contributed by atoms with Crippen molar-refractivity contribution >= 4 is 39.9 Å². The van der Waals surface area contributed by atoms with Crippen LogP contribution in [0.1, 0.15) is 52.8 Å². The molecule has 38 heavy (non-hydrogen) atoms. The molecule has 1 unspecified atom stereocenters. The molecule has 1 atom stereocenters. The van der Waals surface area contributed by atoms with E-state index < -0.39 is 23.7 Å². The van der Waals surface area contributed by atoms with Gasteiger partial charge in [-0.25, -0.2) is 9.78 Å². The number of carbonyl (C=O) groups excluding carboxylic acids is 3. The number of carbonyl (C=O) groups is 3. The number of ether oxygens (including phenoxy) is 3. The number of aliphatic hydroxyl groups is 1. The lowest BCUT2D eigenvalue weighted by Crippen LogP contribution is -2.29. The first kappa shape index (κ1) is 26.9. The number of nitrogens with zero attached hydrogens (tertiary/aromatic N) is 2. The summed E-state index contributed by atoms with van der Waals surface area (Å²) in [4.78, 5) is 44.9. The lowest BCUT2D eigenvalue weighted by atomic mass is 9.95. The van der Waals surface area contributed by atoms with Crippen molar-refractivity contribution in [1.82, 2.24) is 4.98 Å². The van der Waals surface area contributed by atoms with E-state index in [1.807, 2.05) is 13.8 Å². The van der Waals surface area contributed by atoms with Crippen LogP contribution in [0.5, 0.6) is 11.5 Å². The van der Waals surface area contributed by atoms with E-state index in [9.17, 15) is 19.5 Å². The molecule has 1 fully saturated rings. The number of hydrogen-bond donors (Lipinski definition) is 1. The molecule has 1 aliphatic heterocycles. The van der Waals surface area contributed by atoms with E-state index in [2.05, 4.69) is 4.98 Å². The minimum absolute atomic E-state index is 0.0988. The SMILES string of the molecule is CCCOc1ccc(C2C(=C(O)c3cccc(OCC)c3)C(=O)C(=O)N2c2nc(C)c(C(=O)OC)s2)cc1. The van der Waals surface area contributed by atoms with Crippen LogP contribution in [-0.4, -0.2) is 48.1 Å². The predicted molar refractivity (Wildman–Crippen MR) is 143 cm³/mol. The van der Waals surface area contributed by atoms with Gasteiger partial charge in [0, 0.05) is 5.56 Å². The van der Waals surface area contributed by atoms with E-state index in [-0.39, 0.29) is 21.3 Å². The van der Waals surface area contributed by atoms with Gasteiger partial charge in [0.25, 0.3) is 5.78 Å². The zero-order valence-electron chi connectivity index (χ0n) is 21.5. The lowest BCUT2D eigenvalue weighted by Gasteiger charge is -2.23. The molecule has 1 N–H and O–H groups in total. The monoisotopic (exact) mass is 536 g/mol. The quantitative estimate of drug-likeness (QED) is 0.175. The number of aryl methyl sites for hydroxylation is 1. The van der Waals surface area contributed by atoms with Crippen LogP contribution in [-0.2, 0) is 14.3 Å². The molecule has 1 aromatic heterocycles. The van der Waals surface area contributed by atoms with Crippen LogP contribution in [0.4, 0.5) is 5.13 Å². The Morgan fingerprint density at radius 1 is 1.08 bits per heavy atom. The van der Waals surface area contributed by atoms with Crippen LogP contribution < -0.4 is 14.4 Å². The zero-order valence-corrected chi connectivity index (χ0v) is 22.3. The maximum atomic E-state index is 13.4. The van der Waals surface area contributed by atoms with E-state index in [4.69, 9.17) is 14.2 Å². The fourth-order valence-corrected chi connectivity index (χ4v) is 5.15. The summed E-state index contributed by atoms with van der Waals surface area (Å²) < 4.78 is 16.1. The molecule has 2 aromatic carbocycles. The van der Waals surface area contributed by atoms with Crippen LogP contribution in [0, 0.1) is 6.92 Å². The van der Waals surface area contributed by atoms with Crippen molar-refractivity contribution in [3.05, 3.63) is 75.8 Å². The summed E-state index contributed by atoms with van der Waals surface area (Å²) in [5.74, 6) is -1.52. The van der Waals surface area contributed by atoms with Gasteiger partial charge < -0.3 is 19.3 Å². The zero-order chi connectivity index (χ0) is 27.4. The van der Waals surface area contributed by atoms with Crippen molar-refractivity contribution in [3.8, 4) is 11.5 Å². The van der Waals surface area contributed by atoms with Crippen molar-refractivity contribution in [1.29, 1.82) is 0 Å². The van der Waals surface area contributed by atoms with Gasteiger partial charge in [-0.3, -0.25) is 14.5 Å². The number of aliphatic hydroxyl groups excluding tert-OH is 1. The summed E-state index contributed by atoms with van der Waals surface area (Å²) in [5.41, 5.74) is 1.15. The first-order valence-electron chi connectivity index (χ1n) is 12.1. The highest BCUT2D eigenvalue weighted by Gasteiger charge is 2.48. The molecule has 3 aromatic rings. The van der Waals surface area contributed by atoms with Crippen LogP contribution >= 0.6 is 11.3 Å². The number of rotatable bonds is 9. The molecule has 0 aliphatic carbocycles. The summed E-state index contributed by atoms with van der Waals surface area (Å²) in [6, 6.07) is 12.6. The number of aromatic nitrogens is 1. The molecule has 1 aliphatic rings. The number of benzene rings is 2. The van der Waals surface area contributed by atoms with Gasteiger partial charge in [0.15, 0.2) is 5.13 Å². The molecule has 0 saturated carbocycles. The maximum Gasteiger partial charge on any atom is 0.350 e. The number of amides is 1. The van der Waals surface area contributed by atoms with E-state index in [1.54, 1.807) is 55.5 Å². The Hall–Kier alpha value is -4.18. The second-order valence-corrected chi connectivity index (χ2v) is 9.43. The molecule has 10 heteroatoms. The van der Waals surface area contributed by atoms with Gasteiger partial charge in [-0.05, 0) is 50.1 Å². The number of methoxy groups -OCH3 is 1. The highest BCUT2D eigenvalue weighted by atomic mass is 32.1. The smallest absolute Gasteiger partial charge is 0.350 e. The maximum absolute atomic E-state index is 13.4. The van der Waals surface area contributed by atoms with Gasteiger partial charge in [0.2, 0.25) is 0 Å². The van der Waals surface area contributed by atoms with E-state index in [0.29, 0.717) is 41.5 Å². The van der Waals surface area contributed by atoms with Crippen molar-refractivity contribution in [3.63, 3.8) is 0 Å². The van der Waals surface area contributed by atoms with E-state index in [0.717, 1.165) is 17.8 Å². The minimum Gasteiger partial charge on any atom is -0.507 e. The summed E-state index contributed by atoms with van der Waals surface area (Å²) >= 11 is 0.945. The average molecular weight is 537 g/mol. The van der Waals surface area contributed by atoms with Gasteiger partial charge >= 0.3 is 11.9 Å². The predicted octanol–water partition coefficient (Wildman–Crippen LogP) is 5.05. The number of hydrogen-bond acceptors (Lipinski definition) is 9. The first-order valence-corrected chi connectivity index (χ1v) is 12.9. The van der Waals surface area contributed by atoms with Crippen molar-refractivity contribution in [2.24, 2.45) is 0 Å². The fraction of sp³-hybridized carbons (Fsp3) is 0.286. The van der Waals surface area contributed by atoms with Gasteiger partial charge in [-0.15, -0.1) is 0 Å². The molecule has 2 heterocycles. The molecule has 1 amide bonds. The van der Waals surface area contributed by atoms with Gasteiger partial charge in [-0.2, -0.15) is 0 Å². The third-order valence-electron chi connectivity index (χ3n) is 5.89. The molecule has 1 saturated heterocycles. The topological polar surface area (TPSA) is 115 Å². The van der Waals surface area contributed by atoms with Crippen LogP contribution in [0.25, 0.3) is 5.76 Å². The Bertz CT molecular complexity index is 1390. The number of thiazole rings is 1. The summed E-state index contributed by atoms with van der Waals surface area (Å²) in [7, 11) is 1.26. The minimum atomic E-state index is -0.998. The number of anilines is 1. The van der Waals surface area contributed by atoms with Gasteiger partial charge in [0.1, 0.15) is 22.1 Å². The van der Waals surface area contributed by atoms with E-state index in [1.165, 1.54) is 12.0 Å². The molecule has 0 radical (unpaired) electrons.